The van der Waals surface area contributed by atoms with Crippen molar-refractivity contribution in [3.05, 3.63) is 368 Å². The van der Waals surface area contributed by atoms with Crippen LogP contribution in [0.2, 0.25) is 0 Å². The monoisotopic (exact) mass is 1350 g/mol. The van der Waals surface area contributed by atoms with Crippen LogP contribution in [0.4, 0.5) is 0 Å². The maximum absolute atomic E-state index is 7.56. The molecule has 0 saturated heterocycles. The summed E-state index contributed by atoms with van der Waals surface area (Å²) in [5.74, 6) is 0. The summed E-state index contributed by atoms with van der Waals surface area (Å²) in [6, 6.07) is 109. The molecule has 0 atom stereocenters. The van der Waals surface area contributed by atoms with Crippen LogP contribution in [0, 0.1) is 0 Å². The summed E-state index contributed by atoms with van der Waals surface area (Å²) in [6.07, 6.45) is 0. The SMILES string of the molecule is CC1(C)c2ccccc2-c2cc3c(cc21)-c1ccc(-c2cc4c(c5c2oc2ccccc25)-c2cc5c(cc2C42c4ccccc4-c4ccccc42)-c2c(cc(-c4ccc6c(c4)C(C)(C)c4cc7c(cc4-6)C(C)(C)c4ccccc4-7)c4oc6ccccc6c24)C52c4ccccc4-c4ccccc42)cc1C3(C)C. The van der Waals surface area contributed by atoms with Crippen molar-refractivity contribution in [2.75, 3.05) is 0 Å². The Balaban J connectivity index is 0.768. The van der Waals surface area contributed by atoms with Gasteiger partial charge >= 0.3 is 0 Å². The van der Waals surface area contributed by atoms with Gasteiger partial charge in [-0.3, -0.25) is 0 Å². The fourth-order valence-corrected chi connectivity index (χ4v) is 23.1. The average Bonchev–Trinajstić information content (AvgIpc) is 1.47. The summed E-state index contributed by atoms with van der Waals surface area (Å²) in [5, 5.41) is 4.56. The van der Waals surface area contributed by atoms with E-state index in [0.717, 1.165) is 66.1 Å². The predicted molar refractivity (Wildman–Crippen MR) is 435 cm³/mol. The molecule has 2 heterocycles. The van der Waals surface area contributed by atoms with Gasteiger partial charge in [0, 0.05) is 54.3 Å². The zero-order chi connectivity index (χ0) is 70.3. The van der Waals surface area contributed by atoms with Crippen LogP contribution in [-0.4, -0.2) is 0 Å². The van der Waals surface area contributed by atoms with Gasteiger partial charge in [-0.1, -0.05) is 262 Å². The molecule has 17 aromatic rings. The highest BCUT2D eigenvalue weighted by atomic mass is 16.3. The van der Waals surface area contributed by atoms with E-state index in [9.17, 15) is 0 Å². The Morgan fingerprint density at radius 3 is 0.792 bits per heavy atom. The standard InChI is InChI=1S/C104H70O2/c1-99(2)75-33-17-9-29-61(75)69-49-85-71(51-83(69)99)63-43-41-55(45-81(63)101(85,5)6)67-47-89-93(95-65-31-15-23-39-91(65)105-97(67)95)73-53-88-74(54-87(73)103(89)77-35-19-11-25-57(77)58-26-12-20-36-78(58)103)94-90(104(88)79-37-21-13-27-59(79)60-28-14-22-38-80(60)104)48-68(98-96(94)66-32-16-24-40-92(66)106-98)56-42-44-64-72-52-84-70(50-86(72)102(7,8)82(64)46-56)62-30-10-18-34-76(62)100(84,3)4/h9-54H,1-8H3. The minimum absolute atomic E-state index is 0.112. The van der Waals surface area contributed by atoms with Gasteiger partial charge in [0.15, 0.2) is 0 Å². The second-order valence-corrected chi connectivity index (χ2v) is 33.9. The van der Waals surface area contributed by atoms with Crippen LogP contribution < -0.4 is 0 Å². The first-order valence-corrected chi connectivity index (χ1v) is 38.0. The number of hydrogen-bond acceptors (Lipinski definition) is 2. The molecule has 2 aromatic heterocycles. The maximum atomic E-state index is 7.56. The summed E-state index contributed by atoms with van der Waals surface area (Å²) in [5.41, 5.74) is 48.1. The molecule has 0 aliphatic heterocycles. The van der Waals surface area contributed by atoms with Gasteiger partial charge in [0.25, 0.3) is 0 Å². The Hall–Kier alpha value is -12.1. The topological polar surface area (TPSA) is 26.3 Å². The van der Waals surface area contributed by atoms with Crippen molar-refractivity contribution in [3.8, 4) is 111 Å². The van der Waals surface area contributed by atoms with Crippen molar-refractivity contribution in [2.24, 2.45) is 0 Å². The van der Waals surface area contributed by atoms with Gasteiger partial charge in [0.1, 0.15) is 22.3 Å². The van der Waals surface area contributed by atoms with Gasteiger partial charge in [0.2, 0.25) is 0 Å². The first-order chi connectivity index (χ1) is 51.6. The van der Waals surface area contributed by atoms with E-state index in [4.69, 9.17) is 8.83 Å². The van der Waals surface area contributed by atoms with E-state index in [-0.39, 0.29) is 21.7 Å². The number of rotatable bonds is 2. The molecule has 2 heteroatoms. The predicted octanol–water partition coefficient (Wildman–Crippen LogP) is 26.7. The fourth-order valence-electron chi connectivity index (χ4n) is 23.1. The highest BCUT2D eigenvalue weighted by molar-refractivity contribution is 6.23. The molecule has 106 heavy (non-hydrogen) atoms. The molecule has 0 bridgehead atoms. The summed E-state index contributed by atoms with van der Waals surface area (Å²) in [6.45, 7) is 19.4. The fraction of sp³-hybridized carbons (Fsp3) is 0.135. The number of furan rings is 2. The van der Waals surface area contributed by atoms with Gasteiger partial charge in [-0.25, -0.2) is 0 Å². The van der Waals surface area contributed by atoms with Crippen molar-refractivity contribution in [1.82, 2.24) is 0 Å². The van der Waals surface area contributed by atoms with E-state index >= 15 is 0 Å². The first kappa shape index (κ1) is 58.3. The molecule has 0 saturated carbocycles. The molecule has 2 nitrogen and oxygen atoms in total. The summed E-state index contributed by atoms with van der Waals surface area (Å²) in [4.78, 5) is 0. The van der Waals surface area contributed by atoms with Crippen LogP contribution in [0.5, 0.6) is 0 Å². The van der Waals surface area contributed by atoms with E-state index in [2.05, 4.69) is 334 Å². The lowest BCUT2D eigenvalue weighted by Crippen LogP contribution is -2.27. The highest BCUT2D eigenvalue weighted by Gasteiger charge is 2.58. The first-order valence-electron chi connectivity index (χ1n) is 38.0. The summed E-state index contributed by atoms with van der Waals surface area (Å²) >= 11 is 0. The lowest BCUT2D eigenvalue weighted by molar-refractivity contribution is 0.652. The van der Waals surface area contributed by atoms with E-state index in [1.165, 1.54) is 178 Å². The second-order valence-electron chi connectivity index (χ2n) is 33.9. The quantitative estimate of drug-likeness (QED) is 0.172. The van der Waals surface area contributed by atoms with Gasteiger partial charge < -0.3 is 8.83 Å². The minimum atomic E-state index is -0.753. The molecular formula is C104H70O2. The van der Waals surface area contributed by atoms with Gasteiger partial charge in [-0.05, 0) is 262 Å². The lowest BCUT2D eigenvalue weighted by Gasteiger charge is -2.32. The van der Waals surface area contributed by atoms with E-state index in [0.29, 0.717) is 0 Å². The van der Waals surface area contributed by atoms with E-state index in [1.54, 1.807) is 0 Å². The Labute approximate surface area is 615 Å². The second kappa shape index (κ2) is 18.9. The molecule has 0 N–H and O–H groups in total. The normalized spacial score (nSPS) is 16.8. The van der Waals surface area contributed by atoms with Crippen molar-refractivity contribution in [3.63, 3.8) is 0 Å². The Morgan fingerprint density at radius 2 is 0.443 bits per heavy atom. The van der Waals surface area contributed by atoms with Crippen LogP contribution in [0.1, 0.15) is 144 Å². The van der Waals surface area contributed by atoms with E-state index < -0.39 is 10.8 Å². The van der Waals surface area contributed by atoms with E-state index in [1.807, 2.05) is 0 Å². The Morgan fingerprint density at radius 1 is 0.189 bits per heavy atom. The molecular weight excluding hydrogens is 1280 g/mol. The molecule has 0 radical (unpaired) electrons. The Bertz CT molecular complexity index is 6560. The zero-order valence-electron chi connectivity index (χ0n) is 60.4. The van der Waals surface area contributed by atoms with Crippen LogP contribution >= 0.6 is 0 Å². The molecule has 0 fully saturated rings. The van der Waals surface area contributed by atoms with Gasteiger partial charge in [0.05, 0.1) is 10.8 Å². The molecule has 0 amide bonds. The zero-order valence-corrected chi connectivity index (χ0v) is 60.4. The number of hydrogen-bond donors (Lipinski definition) is 0. The van der Waals surface area contributed by atoms with Crippen molar-refractivity contribution >= 4 is 43.9 Å². The third-order valence-electron chi connectivity index (χ3n) is 27.9. The largest absolute Gasteiger partial charge is 0.455 e. The number of benzene rings is 15. The number of para-hydroxylation sites is 2. The molecule has 0 unspecified atom stereocenters. The molecule has 8 aliphatic carbocycles. The maximum Gasteiger partial charge on any atom is 0.143 e. The van der Waals surface area contributed by atoms with Crippen LogP contribution in [0.15, 0.2) is 288 Å². The number of fused-ring (bicyclic) bond motifs is 40. The summed E-state index contributed by atoms with van der Waals surface area (Å²) in [7, 11) is 0. The van der Waals surface area contributed by atoms with Gasteiger partial charge in [-0.2, -0.15) is 0 Å². The van der Waals surface area contributed by atoms with Crippen LogP contribution in [0.3, 0.4) is 0 Å². The lowest BCUT2D eigenvalue weighted by atomic mass is 9.68. The highest BCUT2D eigenvalue weighted by Crippen LogP contribution is 2.72. The minimum Gasteiger partial charge on any atom is -0.455 e. The Kier molecular flexibility index (Phi) is 10.4. The third kappa shape index (κ3) is 6.50. The smallest absolute Gasteiger partial charge is 0.143 e. The summed E-state index contributed by atoms with van der Waals surface area (Å²) < 4.78 is 15.1. The van der Waals surface area contributed by atoms with Gasteiger partial charge in [-0.15, -0.1) is 0 Å². The van der Waals surface area contributed by atoms with Crippen molar-refractivity contribution in [1.29, 1.82) is 0 Å². The van der Waals surface area contributed by atoms with Crippen LogP contribution in [0.25, 0.3) is 155 Å². The third-order valence-corrected chi connectivity index (χ3v) is 27.9. The molecule has 498 valence electrons. The van der Waals surface area contributed by atoms with Crippen molar-refractivity contribution < 1.29 is 8.83 Å². The average molecular weight is 1350 g/mol. The molecule has 8 aliphatic rings. The molecule has 25 rings (SSSR count). The van der Waals surface area contributed by atoms with Crippen LogP contribution in [-0.2, 0) is 32.5 Å². The molecule has 2 spiro atoms. The molecule has 15 aromatic carbocycles. The van der Waals surface area contributed by atoms with Crippen molar-refractivity contribution in [2.45, 2.75) is 87.9 Å².